The third-order valence-electron chi connectivity index (χ3n) is 10.9. The maximum Gasteiger partial charge on any atom is 0.160 e. The summed E-state index contributed by atoms with van der Waals surface area (Å²) < 4.78 is 14.5. The molecule has 4 heteroatoms. The molecule has 0 fully saturated rings. The van der Waals surface area contributed by atoms with Crippen molar-refractivity contribution in [2.75, 3.05) is 6.66 Å². The van der Waals surface area contributed by atoms with Crippen molar-refractivity contribution in [3.8, 4) is 78.4 Å². The molecule has 0 amide bonds. The Morgan fingerprint density at radius 2 is 0.818 bits per heavy atom. The number of hydrogen-bond acceptors (Lipinski definition) is 3. The molecule has 8 aromatic carbocycles. The zero-order valence-corrected chi connectivity index (χ0v) is 31.1. The summed E-state index contributed by atoms with van der Waals surface area (Å²) in [5.41, 5.74) is 13.7. The molecule has 1 atom stereocenters. The second kappa shape index (κ2) is 13.3. The van der Waals surface area contributed by atoms with E-state index in [4.69, 9.17) is 9.97 Å². The predicted molar refractivity (Wildman–Crippen MR) is 230 cm³/mol. The predicted octanol–water partition coefficient (Wildman–Crippen LogP) is 12.6. The van der Waals surface area contributed by atoms with Gasteiger partial charge in [0.2, 0.25) is 0 Å². The standard InChI is InChI=1S/C51H35N2OP/c1-55(54)49-22-11-10-19-44(49)46-21-12-20-45(50(46)55)43-32-31-40(41-17-8-9-18-42(41)43)36-25-29-38(30-26-36)48-33-47(52-51(53-48)39-15-6-3-7-16-39)37-27-23-35(24-28-37)34-13-4-2-5-14-34/h2-33H,1H3. The van der Waals surface area contributed by atoms with Crippen molar-refractivity contribution in [2.24, 2.45) is 0 Å². The SMILES string of the molecule is CP1(=O)c2ccccc2-c2cccc(-c3ccc(-c4ccc(-c5cc(-c6ccc(-c7ccccc7)cc6)nc(-c6ccccc6)n5)cc4)c4ccccc34)c21. The van der Waals surface area contributed by atoms with Crippen LogP contribution in [0.5, 0.6) is 0 Å². The Balaban J connectivity index is 1.04. The Labute approximate surface area is 321 Å². The smallest absolute Gasteiger partial charge is 0.160 e. The van der Waals surface area contributed by atoms with Gasteiger partial charge >= 0.3 is 0 Å². The van der Waals surface area contributed by atoms with Crippen LogP contribution in [0.4, 0.5) is 0 Å². The van der Waals surface area contributed by atoms with Crippen molar-refractivity contribution < 1.29 is 4.57 Å². The minimum Gasteiger partial charge on any atom is -0.314 e. The highest BCUT2D eigenvalue weighted by molar-refractivity contribution is 7.79. The highest BCUT2D eigenvalue weighted by Gasteiger charge is 2.37. The molecule has 1 aliphatic heterocycles. The van der Waals surface area contributed by atoms with E-state index in [1.54, 1.807) is 0 Å². The highest BCUT2D eigenvalue weighted by atomic mass is 31.2. The molecule has 0 spiro atoms. The van der Waals surface area contributed by atoms with E-state index in [9.17, 15) is 4.57 Å². The van der Waals surface area contributed by atoms with Crippen LogP contribution in [0.3, 0.4) is 0 Å². The third-order valence-corrected chi connectivity index (χ3v) is 13.5. The lowest BCUT2D eigenvalue weighted by Crippen LogP contribution is -2.11. The summed E-state index contributed by atoms with van der Waals surface area (Å²) in [5.74, 6) is 0.693. The lowest BCUT2D eigenvalue weighted by atomic mass is 9.90. The van der Waals surface area contributed by atoms with Crippen molar-refractivity contribution in [1.82, 2.24) is 9.97 Å². The molecular formula is C51H35N2OP. The van der Waals surface area contributed by atoms with Crippen molar-refractivity contribution in [1.29, 1.82) is 0 Å². The minimum atomic E-state index is -2.78. The molecule has 9 aromatic rings. The summed E-state index contributed by atoms with van der Waals surface area (Å²) in [5, 5.41) is 4.21. The number of nitrogens with zero attached hydrogens (tertiary/aromatic N) is 2. The summed E-state index contributed by atoms with van der Waals surface area (Å²) in [6.07, 6.45) is 0. The fourth-order valence-electron chi connectivity index (χ4n) is 8.16. The fraction of sp³-hybridized carbons (Fsp3) is 0.0196. The molecule has 0 aliphatic carbocycles. The normalized spacial score (nSPS) is 14.4. The van der Waals surface area contributed by atoms with Crippen LogP contribution >= 0.6 is 7.14 Å². The van der Waals surface area contributed by atoms with Gasteiger partial charge in [-0.05, 0) is 68.0 Å². The highest BCUT2D eigenvalue weighted by Crippen LogP contribution is 2.53. The van der Waals surface area contributed by atoms with E-state index in [2.05, 4.69) is 152 Å². The van der Waals surface area contributed by atoms with E-state index in [1.807, 2.05) is 49.1 Å². The molecule has 1 aromatic heterocycles. The molecule has 0 bridgehead atoms. The summed E-state index contributed by atoms with van der Waals surface area (Å²) in [6, 6.07) is 67.5. The summed E-state index contributed by atoms with van der Waals surface area (Å²) in [4.78, 5) is 10.1. The molecule has 10 rings (SSSR count). The summed E-state index contributed by atoms with van der Waals surface area (Å²) in [7, 11) is -2.78. The van der Waals surface area contributed by atoms with E-state index in [0.29, 0.717) is 5.82 Å². The van der Waals surface area contributed by atoms with Crippen molar-refractivity contribution >= 4 is 28.5 Å². The van der Waals surface area contributed by atoms with Crippen LogP contribution in [-0.2, 0) is 4.57 Å². The zero-order valence-electron chi connectivity index (χ0n) is 30.2. The molecule has 0 radical (unpaired) electrons. The number of aromatic nitrogens is 2. The Morgan fingerprint density at radius 1 is 0.364 bits per heavy atom. The summed E-state index contributed by atoms with van der Waals surface area (Å²) >= 11 is 0. The van der Waals surface area contributed by atoms with Gasteiger partial charge in [-0.1, -0.05) is 188 Å². The maximum atomic E-state index is 14.5. The van der Waals surface area contributed by atoms with Gasteiger partial charge in [-0.3, -0.25) is 0 Å². The quantitative estimate of drug-likeness (QED) is 0.161. The van der Waals surface area contributed by atoms with E-state index in [0.717, 1.165) is 82.8 Å². The second-order valence-corrected chi connectivity index (χ2v) is 17.0. The monoisotopic (exact) mass is 722 g/mol. The van der Waals surface area contributed by atoms with Crippen LogP contribution in [0.25, 0.3) is 89.2 Å². The van der Waals surface area contributed by atoms with Crippen LogP contribution in [-0.4, -0.2) is 16.6 Å². The average molecular weight is 723 g/mol. The van der Waals surface area contributed by atoms with Gasteiger partial charge in [-0.2, -0.15) is 0 Å². The number of fused-ring (bicyclic) bond motifs is 4. The van der Waals surface area contributed by atoms with Gasteiger partial charge in [0.25, 0.3) is 0 Å². The lowest BCUT2D eigenvalue weighted by molar-refractivity contribution is 0.591. The fourth-order valence-corrected chi connectivity index (χ4v) is 10.7. The van der Waals surface area contributed by atoms with Crippen molar-refractivity contribution in [3.63, 3.8) is 0 Å². The Morgan fingerprint density at radius 3 is 1.47 bits per heavy atom. The Hall–Kier alpha value is -6.67. The largest absolute Gasteiger partial charge is 0.314 e. The first-order valence-electron chi connectivity index (χ1n) is 18.6. The van der Waals surface area contributed by atoms with Crippen LogP contribution < -0.4 is 10.6 Å². The van der Waals surface area contributed by atoms with E-state index < -0.39 is 7.14 Å². The van der Waals surface area contributed by atoms with Crippen LogP contribution in [0, 0.1) is 0 Å². The van der Waals surface area contributed by atoms with Gasteiger partial charge < -0.3 is 4.57 Å². The number of benzene rings is 8. The molecule has 2 heterocycles. The minimum absolute atomic E-state index is 0.693. The van der Waals surface area contributed by atoms with Gasteiger partial charge in [0, 0.05) is 27.3 Å². The molecule has 260 valence electrons. The molecule has 1 aliphatic rings. The molecule has 0 saturated heterocycles. The van der Waals surface area contributed by atoms with Crippen LogP contribution in [0.1, 0.15) is 0 Å². The topological polar surface area (TPSA) is 42.9 Å². The molecule has 55 heavy (non-hydrogen) atoms. The van der Waals surface area contributed by atoms with Gasteiger partial charge in [0.15, 0.2) is 5.82 Å². The molecule has 0 N–H and O–H groups in total. The van der Waals surface area contributed by atoms with Crippen LogP contribution in [0.2, 0.25) is 0 Å². The van der Waals surface area contributed by atoms with Crippen LogP contribution in [0.15, 0.2) is 194 Å². The molecule has 1 unspecified atom stereocenters. The van der Waals surface area contributed by atoms with E-state index >= 15 is 0 Å². The second-order valence-electron chi connectivity index (χ2n) is 14.2. The van der Waals surface area contributed by atoms with Gasteiger partial charge in [0.1, 0.15) is 7.14 Å². The summed E-state index contributed by atoms with van der Waals surface area (Å²) in [6.45, 7) is 1.92. The first-order valence-corrected chi connectivity index (χ1v) is 20.7. The van der Waals surface area contributed by atoms with Gasteiger partial charge in [-0.25, -0.2) is 9.97 Å². The Kier molecular flexibility index (Phi) is 7.98. The average Bonchev–Trinajstić information content (AvgIpc) is 3.50. The lowest BCUT2D eigenvalue weighted by Gasteiger charge is -2.17. The zero-order chi connectivity index (χ0) is 36.9. The first kappa shape index (κ1) is 32.9. The Bertz CT molecular complexity index is 2940. The number of rotatable bonds is 6. The molecular weight excluding hydrogens is 688 g/mol. The van der Waals surface area contributed by atoms with Crippen molar-refractivity contribution in [2.45, 2.75) is 0 Å². The molecule has 3 nitrogen and oxygen atoms in total. The number of hydrogen-bond donors (Lipinski definition) is 0. The maximum absolute atomic E-state index is 14.5. The van der Waals surface area contributed by atoms with Crippen molar-refractivity contribution in [3.05, 3.63) is 194 Å². The first-order chi connectivity index (χ1) is 27.0. The third kappa shape index (κ3) is 5.73. The van der Waals surface area contributed by atoms with Gasteiger partial charge in [0.05, 0.1) is 11.4 Å². The van der Waals surface area contributed by atoms with Gasteiger partial charge in [-0.15, -0.1) is 0 Å². The van der Waals surface area contributed by atoms with E-state index in [-0.39, 0.29) is 0 Å². The van der Waals surface area contributed by atoms with E-state index in [1.165, 1.54) is 11.1 Å². The molecule has 0 saturated carbocycles.